The van der Waals surface area contributed by atoms with E-state index in [0.29, 0.717) is 19.4 Å². The van der Waals surface area contributed by atoms with E-state index >= 15 is 0 Å². The number of phosphoric acid groups is 1. The fourth-order valence-corrected chi connectivity index (χ4v) is 6.39. The van der Waals surface area contributed by atoms with E-state index in [1.54, 1.807) is 6.08 Å². The molecule has 0 heterocycles. The molecule has 0 aliphatic rings. The third-order valence-electron chi connectivity index (χ3n) is 8.65. The number of allylic oxidation sites excluding steroid dienone is 4. The number of ether oxygens (including phenoxy) is 2. The Balaban J connectivity index is 4.11. The SMILES string of the molecule is CC/C=C/CC(O)/C=C/C=C/CCCCCCCC(=O)OC(COCCCCCCCCCCCCCCCCCC)COP(=O)(O)OCCN. The van der Waals surface area contributed by atoms with Gasteiger partial charge in [-0.05, 0) is 38.5 Å². The number of aliphatic hydroxyl groups excluding tert-OH is 1. The molecular formula is C41H78NO8P. The first-order chi connectivity index (χ1) is 24.8. The summed E-state index contributed by atoms with van der Waals surface area (Å²) in [6.45, 7) is 4.67. The lowest BCUT2D eigenvalue weighted by Crippen LogP contribution is -2.28. The second kappa shape index (κ2) is 38.4. The van der Waals surface area contributed by atoms with Crippen molar-refractivity contribution >= 4 is 13.8 Å². The number of nitrogens with two attached hydrogens (primary N) is 1. The van der Waals surface area contributed by atoms with Crippen molar-refractivity contribution in [2.24, 2.45) is 5.73 Å². The zero-order valence-electron chi connectivity index (χ0n) is 32.7. The normalized spacial score (nSPS) is 14.5. The molecule has 0 rings (SSSR count). The lowest BCUT2D eigenvalue weighted by Gasteiger charge is -2.20. The predicted molar refractivity (Wildman–Crippen MR) is 212 cm³/mol. The molecule has 9 nitrogen and oxygen atoms in total. The zero-order chi connectivity index (χ0) is 37.5. The van der Waals surface area contributed by atoms with Crippen LogP contribution < -0.4 is 5.73 Å². The summed E-state index contributed by atoms with van der Waals surface area (Å²) < 4.78 is 33.3. The maximum Gasteiger partial charge on any atom is 0.472 e. The van der Waals surface area contributed by atoms with Crippen LogP contribution in [-0.4, -0.2) is 61.1 Å². The topological polar surface area (TPSA) is 138 Å². The number of rotatable bonds is 39. The molecule has 0 aliphatic heterocycles. The number of carbonyl (C=O) groups is 1. The first-order valence-electron chi connectivity index (χ1n) is 20.6. The Morgan fingerprint density at radius 1 is 0.686 bits per heavy atom. The number of hydrogen-bond donors (Lipinski definition) is 3. The van der Waals surface area contributed by atoms with Gasteiger partial charge in [-0.25, -0.2) is 4.57 Å². The van der Waals surface area contributed by atoms with Crippen molar-refractivity contribution in [3.63, 3.8) is 0 Å². The van der Waals surface area contributed by atoms with Crippen LogP contribution >= 0.6 is 7.82 Å². The first kappa shape index (κ1) is 49.7. The number of phosphoric ester groups is 1. The minimum Gasteiger partial charge on any atom is -0.457 e. The molecule has 0 saturated heterocycles. The zero-order valence-corrected chi connectivity index (χ0v) is 33.6. The Morgan fingerprint density at radius 2 is 1.25 bits per heavy atom. The van der Waals surface area contributed by atoms with E-state index in [-0.39, 0.29) is 38.8 Å². The van der Waals surface area contributed by atoms with Crippen LogP contribution in [0.1, 0.15) is 174 Å². The van der Waals surface area contributed by atoms with Crippen molar-refractivity contribution in [3.8, 4) is 0 Å². The average Bonchev–Trinajstić information content (AvgIpc) is 3.11. The molecule has 0 aromatic carbocycles. The number of esters is 1. The quantitative estimate of drug-likeness (QED) is 0.0185. The Kier molecular flexibility index (Phi) is 37.4. The van der Waals surface area contributed by atoms with Gasteiger partial charge in [0.1, 0.15) is 6.10 Å². The summed E-state index contributed by atoms with van der Waals surface area (Å²) in [4.78, 5) is 22.4. The fourth-order valence-electron chi connectivity index (χ4n) is 5.62. The summed E-state index contributed by atoms with van der Waals surface area (Å²) in [7, 11) is -4.29. The van der Waals surface area contributed by atoms with Crippen molar-refractivity contribution in [1.82, 2.24) is 0 Å². The maximum absolute atomic E-state index is 12.5. The summed E-state index contributed by atoms with van der Waals surface area (Å²) in [6, 6.07) is 0. The monoisotopic (exact) mass is 744 g/mol. The van der Waals surface area contributed by atoms with Gasteiger partial charge in [-0.1, -0.05) is 166 Å². The van der Waals surface area contributed by atoms with E-state index in [1.165, 1.54) is 89.9 Å². The van der Waals surface area contributed by atoms with E-state index in [2.05, 4.69) is 26.0 Å². The molecule has 3 atom stereocenters. The Hall–Kier alpha value is -1.32. The molecule has 300 valence electrons. The van der Waals surface area contributed by atoms with Gasteiger partial charge in [-0.15, -0.1) is 0 Å². The average molecular weight is 744 g/mol. The van der Waals surface area contributed by atoms with Crippen molar-refractivity contribution in [3.05, 3.63) is 36.5 Å². The molecule has 10 heteroatoms. The van der Waals surface area contributed by atoms with E-state index in [1.807, 2.05) is 18.2 Å². The third kappa shape index (κ3) is 38.2. The third-order valence-corrected chi connectivity index (χ3v) is 9.64. The van der Waals surface area contributed by atoms with Crippen LogP contribution in [0.15, 0.2) is 36.5 Å². The van der Waals surface area contributed by atoms with E-state index in [4.69, 9.17) is 24.3 Å². The Bertz CT molecular complexity index is 897. The van der Waals surface area contributed by atoms with Gasteiger partial charge >= 0.3 is 13.8 Å². The minimum atomic E-state index is -4.29. The number of carbonyl (C=O) groups excluding carboxylic acids is 1. The van der Waals surface area contributed by atoms with Crippen molar-refractivity contribution in [2.75, 3.05) is 33.0 Å². The number of unbranched alkanes of at least 4 members (excludes halogenated alkanes) is 20. The van der Waals surface area contributed by atoms with Gasteiger partial charge in [0, 0.05) is 19.6 Å². The molecule has 51 heavy (non-hydrogen) atoms. The second-order valence-corrected chi connectivity index (χ2v) is 15.1. The van der Waals surface area contributed by atoms with Gasteiger partial charge in [-0.2, -0.15) is 0 Å². The molecule has 0 aromatic heterocycles. The smallest absolute Gasteiger partial charge is 0.457 e. The van der Waals surface area contributed by atoms with Crippen LogP contribution in [0.25, 0.3) is 0 Å². The standard InChI is InChI=1S/C41H78NO8P/c1-3-5-7-8-9-10-11-12-13-14-15-16-20-23-26-30-35-47-37-40(38-49-51(45,46)48-36-34-42)50-41(44)33-29-25-22-19-17-18-21-24-28-32-39(43)31-27-6-4-2/h6,21,24,27-28,32,39-40,43H,3-5,7-20,22-23,25-26,29-31,33-38,42H2,1-2H3,(H,45,46)/b24-21+,27-6+,32-28+. The van der Waals surface area contributed by atoms with Gasteiger partial charge in [-0.3, -0.25) is 13.8 Å². The Labute approximate surface area is 312 Å². The fraction of sp³-hybridized carbons (Fsp3) is 0.829. The molecule has 0 aliphatic carbocycles. The molecule has 0 amide bonds. The van der Waals surface area contributed by atoms with Crippen molar-refractivity contribution in [2.45, 2.75) is 187 Å². The summed E-state index contributed by atoms with van der Waals surface area (Å²) in [5, 5.41) is 9.86. The summed E-state index contributed by atoms with van der Waals surface area (Å²) in [5.74, 6) is -0.368. The van der Waals surface area contributed by atoms with E-state index in [9.17, 15) is 19.4 Å². The maximum atomic E-state index is 12.5. The lowest BCUT2D eigenvalue weighted by molar-refractivity contribution is -0.154. The highest BCUT2D eigenvalue weighted by atomic mass is 31.2. The molecule has 0 fully saturated rings. The van der Waals surface area contributed by atoms with Crippen LogP contribution in [0.4, 0.5) is 0 Å². The van der Waals surface area contributed by atoms with Gasteiger partial charge in [0.05, 0.1) is 25.9 Å². The molecule has 3 unspecified atom stereocenters. The largest absolute Gasteiger partial charge is 0.472 e. The highest BCUT2D eigenvalue weighted by molar-refractivity contribution is 7.47. The second-order valence-electron chi connectivity index (χ2n) is 13.7. The molecule has 0 radical (unpaired) electrons. The minimum absolute atomic E-state index is 0.0885. The van der Waals surface area contributed by atoms with Gasteiger partial charge in [0.25, 0.3) is 0 Å². The Morgan fingerprint density at radius 3 is 1.84 bits per heavy atom. The van der Waals surface area contributed by atoms with Gasteiger partial charge < -0.3 is 25.2 Å². The van der Waals surface area contributed by atoms with Crippen molar-refractivity contribution < 1.29 is 37.9 Å². The lowest BCUT2D eigenvalue weighted by atomic mass is 10.0. The highest BCUT2D eigenvalue weighted by Crippen LogP contribution is 2.43. The predicted octanol–water partition coefficient (Wildman–Crippen LogP) is 10.8. The molecule has 4 N–H and O–H groups in total. The van der Waals surface area contributed by atoms with E-state index < -0.39 is 20.0 Å². The molecule has 0 aromatic rings. The molecule has 0 spiro atoms. The summed E-state index contributed by atoms with van der Waals surface area (Å²) in [6.07, 6.45) is 39.2. The first-order valence-corrected chi connectivity index (χ1v) is 22.1. The summed E-state index contributed by atoms with van der Waals surface area (Å²) in [5.41, 5.74) is 5.36. The van der Waals surface area contributed by atoms with Gasteiger partial charge in [0.2, 0.25) is 0 Å². The summed E-state index contributed by atoms with van der Waals surface area (Å²) >= 11 is 0. The number of aliphatic hydroxyl groups is 1. The molecule has 0 bridgehead atoms. The highest BCUT2D eigenvalue weighted by Gasteiger charge is 2.25. The molecule has 0 saturated carbocycles. The van der Waals surface area contributed by atoms with Crippen LogP contribution in [0.2, 0.25) is 0 Å². The van der Waals surface area contributed by atoms with Crippen LogP contribution in [-0.2, 0) is 27.9 Å². The van der Waals surface area contributed by atoms with E-state index in [0.717, 1.165) is 51.4 Å². The van der Waals surface area contributed by atoms with Crippen LogP contribution in [0.5, 0.6) is 0 Å². The van der Waals surface area contributed by atoms with Gasteiger partial charge in [0.15, 0.2) is 0 Å². The van der Waals surface area contributed by atoms with Crippen molar-refractivity contribution in [1.29, 1.82) is 0 Å². The number of hydrogen-bond acceptors (Lipinski definition) is 8. The van der Waals surface area contributed by atoms with Crippen LogP contribution in [0, 0.1) is 0 Å². The van der Waals surface area contributed by atoms with Crippen LogP contribution in [0.3, 0.4) is 0 Å². The molecular weight excluding hydrogens is 665 g/mol.